The minimum absolute atomic E-state index is 0.0493. The number of rotatable bonds is 8. The quantitative estimate of drug-likeness (QED) is 0.500. The van der Waals surface area contributed by atoms with Crippen molar-refractivity contribution in [2.45, 2.75) is 44.6 Å². The summed E-state index contributed by atoms with van der Waals surface area (Å²) in [5.74, 6) is 3.03. The van der Waals surface area contributed by atoms with Crippen LogP contribution in [0.3, 0.4) is 0 Å². The number of hydrogen-bond donors (Lipinski definition) is 0. The molecule has 1 aromatic carbocycles. The van der Waals surface area contributed by atoms with Gasteiger partial charge in [-0.05, 0) is 81.0 Å². The molecule has 0 bridgehead atoms. The Morgan fingerprint density at radius 1 is 1.08 bits per heavy atom. The number of likely N-dealkylation sites (tertiary alicyclic amines) is 1. The van der Waals surface area contributed by atoms with E-state index in [1.54, 1.807) is 18.2 Å². The summed E-state index contributed by atoms with van der Waals surface area (Å²) < 4.78 is 17.3. The number of ether oxygens (including phenoxy) is 3. The molecule has 0 aliphatic carbocycles. The highest BCUT2D eigenvalue weighted by molar-refractivity contribution is 5.94. The maximum Gasteiger partial charge on any atom is 0.254 e. The van der Waals surface area contributed by atoms with Crippen molar-refractivity contribution in [3.8, 4) is 11.5 Å². The second-order valence-corrected chi connectivity index (χ2v) is 10.7. The molecule has 0 saturated carbocycles. The molecule has 0 unspecified atom stereocenters. The van der Waals surface area contributed by atoms with E-state index in [1.165, 1.54) is 31.6 Å². The maximum atomic E-state index is 12.6. The van der Waals surface area contributed by atoms with E-state index in [1.807, 2.05) is 12.1 Å². The van der Waals surface area contributed by atoms with Crippen LogP contribution in [0.1, 0.15) is 39.0 Å². The number of benzene rings is 1. The van der Waals surface area contributed by atoms with Gasteiger partial charge < -0.3 is 24.0 Å². The Hall–Kier alpha value is -2.84. The van der Waals surface area contributed by atoms with Crippen LogP contribution in [0.25, 0.3) is 0 Å². The Morgan fingerprint density at radius 3 is 2.57 bits per heavy atom. The molecule has 5 rings (SSSR count). The van der Waals surface area contributed by atoms with E-state index in [4.69, 9.17) is 14.2 Å². The lowest BCUT2D eigenvalue weighted by atomic mass is 9.89. The first-order chi connectivity index (χ1) is 18.0. The third kappa shape index (κ3) is 6.36. The molecular formula is C29H40N4O4. The van der Waals surface area contributed by atoms with Crippen LogP contribution < -0.4 is 19.3 Å². The first kappa shape index (κ1) is 25.8. The van der Waals surface area contributed by atoms with E-state index < -0.39 is 0 Å². The van der Waals surface area contributed by atoms with Crippen LogP contribution in [0, 0.1) is 5.92 Å². The van der Waals surface area contributed by atoms with Gasteiger partial charge in [0, 0.05) is 31.9 Å². The number of carbonyl (C=O) groups excluding carboxylic acids is 1. The molecule has 3 aliphatic rings. The zero-order valence-corrected chi connectivity index (χ0v) is 22.2. The Bertz CT molecular complexity index is 1020. The average Bonchev–Trinajstić information content (AvgIpc) is 2.94. The first-order valence-corrected chi connectivity index (χ1v) is 13.7. The van der Waals surface area contributed by atoms with Crippen LogP contribution in [-0.2, 0) is 9.53 Å². The van der Waals surface area contributed by atoms with Gasteiger partial charge >= 0.3 is 0 Å². The number of morpholine rings is 1. The molecule has 37 heavy (non-hydrogen) atoms. The molecule has 8 nitrogen and oxygen atoms in total. The molecule has 2 aromatic rings. The molecule has 8 heteroatoms. The second-order valence-electron chi connectivity index (χ2n) is 10.7. The van der Waals surface area contributed by atoms with Crippen LogP contribution in [0.4, 0.5) is 11.5 Å². The Morgan fingerprint density at radius 2 is 1.86 bits per heavy atom. The van der Waals surface area contributed by atoms with Gasteiger partial charge in [0.1, 0.15) is 23.9 Å². The van der Waals surface area contributed by atoms with E-state index >= 15 is 0 Å². The van der Waals surface area contributed by atoms with E-state index in [2.05, 4.69) is 46.0 Å². The van der Waals surface area contributed by atoms with Crippen LogP contribution in [0.5, 0.6) is 11.5 Å². The lowest BCUT2D eigenvalue weighted by molar-refractivity contribution is -0.141. The van der Waals surface area contributed by atoms with Gasteiger partial charge in [-0.3, -0.25) is 9.69 Å². The molecule has 3 aliphatic heterocycles. The summed E-state index contributed by atoms with van der Waals surface area (Å²) >= 11 is 0. The first-order valence-electron chi connectivity index (χ1n) is 13.7. The van der Waals surface area contributed by atoms with E-state index in [0.717, 1.165) is 57.2 Å². The number of amides is 1. The molecule has 1 aromatic heterocycles. The Labute approximate surface area is 220 Å². The highest BCUT2D eigenvalue weighted by Gasteiger charge is 2.43. The van der Waals surface area contributed by atoms with Gasteiger partial charge in [-0.2, -0.15) is 0 Å². The molecule has 0 radical (unpaired) electrons. The largest absolute Gasteiger partial charge is 0.495 e. The van der Waals surface area contributed by atoms with Crippen molar-refractivity contribution in [2.24, 2.45) is 5.92 Å². The SMILES string of the molecule is COc1ccc(N2CC3(CCN(c4ccc(OCCCN5CCC[C@H](C)C5)cc4)CC3)OCC2=O)nc1. The fourth-order valence-corrected chi connectivity index (χ4v) is 5.77. The topological polar surface area (TPSA) is 67.4 Å². The second kappa shape index (κ2) is 11.7. The normalized spacial score (nSPS) is 22.3. The highest BCUT2D eigenvalue weighted by atomic mass is 16.5. The van der Waals surface area contributed by atoms with Gasteiger partial charge in [-0.25, -0.2) is 4.98 Å². The predicted molar refractivity (Wildman–Crippen MR) is 145 cm³/mol. The van der Waals surface area contributed by atoms with E-state index in [0.29, 0.717) is 18.1 Å². The van der Waals surface area contributed by atoms with Crippen molar-refractivity contribution in [1.29, 1.82) is 0 Å². The number of aromatic nitrogens is 1. The Balaban J connectivity index is 1.09. The number of carbonyl (C=O) groups is 1. The van der Waals surface area contributed by atoms with Crippen molar-refractivity contribution in [1.82, 2.24) is 9.88 Å². The van der Waals surface area contributed by atoms with Gasteiger partial charge in [0.2, 0.25) is 0 Å². The maximum absolute atomic E-state index is 12.6. The van der Waals surface area contributed by atoms with E-state index in [9.17, 15) is 4.79 Å². The van der Waals surface area contributed by atoms with Crippen LogP contribution >= 0.6 is 0 Å². The summed E-state index contributed by atoms with van der Waals surface area (Å²) in [6.07, 6.45) is 7.12. The molecule has 1 spiro atoms. The summed E-state index contributed by atoms with van der Waals surface area (Å²) in [6, 6.07) is 12.1. The van der Waals surface area contributed by atoms with Gasteiger partial charge in [-0.15, -0.1) is 0 Å². The lowest BCUT2D eigenvalue weighted by Gasteiger charge is -2.47. The lowest BCUT2D eigenvalue weighted by Crippen LogP contribution is -2.59. The zero-order valence-electron chi connectivity index (χ0n) is 22.2. The molecular weight excluding hydrogens is 468 g/mol. The van der Waals surface area contributed by atoms with Crippen LogP contribution in [-0.4, -0.2) is 81.0 Å². The standard InChI is InChI=1S/C29H40N4O4/c1-23-5-3-14-31(20-23)15-4-18-36-25-8-6-24(7-9-25)32-16-12-29(13-17-32)22-33(28(34)21-37-29)27-11-10-26(35-2)19-30-27/h6-11,19,23H,3-5,12-18,20-22H2,1-2H3/t23-/m0/s1. The smallest absolute Gasteiger partial charge is 0.254 e. The molecule has 4 heterocycles. The third-order valence-corrected chi connectivity index (χ3v) is 7.99. The monoisotopic (exact) mass is 508 g/mol. The number of piperidine rings is 2. The number of pyridine rings is 1. The number of nitrogens with zero attached hydrogens (tertiary/aromatic N) is 4. The van der Waals surface area contributed by atoms with Crippen molar-refractivity contribution in [3.63, 3.8) is 0 Å². The predicted octanol–water partition coefficient (Wildman–Crippen LogP) is 3.99. The average molecular weight is 509 g/mol. The van der Waals surface area contributed by atoms with Gasteiger partial charge in [-0.1, -0.05) is 6.92 Å². The van der Waals surface area contributed by atoms with Crippen LogP contribution in [0.2, 0.25) is 0 Å². The summed E-state index contributed by atoms with van der Waals surface area (Å²) in [5.41, 5.74) is 0.867. The highest BCUT2D eigenvalue weighted by Crippen LogP contribution is 2.34. The van der Waals surface area contributed by atoms with Crippen LogP contribution in [0.15, 0.2) is 42.6 Å². The third-order valence-electron chi connectivity index (χ3n) is 7.99. The van der Waals surface area contributed by atoms with Crippen molar-refractivity contribution < 1.29 is 19.0 Å². The zero-order chi connectivity index (χ0) is 25.7. The molecule has 1 amide bonds. The summed E-state index contributed by atoms with van der Waals surface area (Å²) in [6.45, 7) is 9.07. The molecule has 200 valence electrons. The van der Waals surface area contributed by atoms with Gasteiger partial charge in [0.25, 0.3) is 5.91 Å². The fourth-order valence-electron chi connectivity index (χ4n) is 5.77. The van der Waals surface area contributed by atoms with Gasteiger partial charge in [0.15, 0.2) is 0 Å². The van der Waals surface area contributed by atoms with Crippen molar-refractivity contribution >= 4 is 17.4 Å². The van der Waals surface area contributed by atoms with E-state index in [-0.39, 0.29) is 18.1 Å². The molecule has 1 atom stereocenters. The number of methoxy groups -OCH3 is 1. The molecule has 3 saturated heterocycles. The summed E-state index contributed by atoms with van der Waals surface area (Å²) in [5, 5.41) is 0. The fraction of sp³-hybridized carbons (Fsp3) is 0.586. The summed E-state index contributed by atoms with van der Waals surface area (Å²) in [4.78, 5) is 23.7. The summed E-state index contributed by atoms with van der Waals surface area (Å²) in [7, 11) is 1.61. The Kier molecular flexibility index (Phi) is 8.15. The minimum atomic E-state index is -0.332. The number of anilines is 2. The minimum Gasteiger partial charge on any atom is -0.495 e. The number of hydrogen-bond acceptors (Lipinski definition) is 7. The van der Waals surface area contributed by atoms with Crippen molar-refractivity contribution in [2.75, 3.05) is 69.4 Å². The molecule has 0 N–H and O–H groups in total. The van der Waals surface area contributed by atoms with Gasteiger partial charge in [0.05, 0.1) is 32.1 Å². The van der Waals surface area contributed by atoms with Crippen molar-refractivity contribution in [3.05, 3.63) is 42.6 Å². The molecule has 3 fully saturated rings.